The van der Waals surface area contributed by atoms with E-state index in [4.69, 9.17) is 10.5 Å². The van der Waals surface area contributed by atoms with E-state index in [0.717, 1.165) is 26.1 Å². The quantitative estimate of drug-likeness (QED) is 0.883. The van der Waals surface area contributed by atoms with E-state index in [9.17, 15) is 0 Å². The maximum absolute atomic E-state index is 6.43. The number of hydrogen-bond acceptors (Lipinski definition) is 3. The second-order valence-corrected chi connectivity index (χ2v) is 5.57. The van der Waals surface area contributed by atoms with E-state index >= 15 is 0 Å². The summed E-state index contributed by atoms with van der Waals surface area (Å²) in [6, 6.07) is 8.69. The summed E-state index contributed by atoms with van der Waals surface area (Å²) >= 11 is 1.80. The fourth-order valence-electron chi connectivity index (χ4n) is 2.59. The Balaban J connectivity index is 1.92. The van der Waals surface area contributed by atoms with Gasteiger partial charge in [0, 0.05) is 24.0 Å². The van der Waals surface area contributed by atoms with Crippen molar-refractivity contribution in [3.05, 3.63) is 35.2 Å². The molecule has 1 aromatic carbocycles. The first-order valence-corrected chi connectivity index (χ1v) is 7.03. The molecule has 0 spiro atoms. The van der Waals surface area contributed by atoms with Gasteiger partial charge >= 0.3 is 0 Å². The molecular weight excluding hydrogens is 230 g/mol. The van der Waals surface area contributed by atoms with E-state index in [1.54, 1.807) is 11.3 Å². The molecule has 2 heterocycles. The van der Waals surface area contributed by atoms with Gasteiger partial charge in [0.2, 0.25) is 0 Å². The van der Waals surface area contributed by atoms with Crippen LogP contribution in [-0.4, -0.2) is 13.2 Å². The van der Waals surface area contributed by atoms with Crippen molar-refractivity contribution in [2.24, 2.45) is 11.7 Å². The Bertz CT molecular complexity index is 502. The number of ether oxygens (including phenoxy) is 1. The first kappa shape index (κ1) is 11.2. The first-order valence-electron chi connectivity index (χ1n) is 6.16. The minimum absolute atomic E-state index is 0.162. The van der Waals surface area contributed by atoms with Crippen molar-refractivity contribution in [2.75, 3.05) is 13.2 Å². The normalized spacial score (nSPS) is 19.6. The van der Waals surface area contributed by atoms with Crippen molar-refractivity contribution >= 4 is 21.4 Å². The lowest BCUT2D eigenvalue weighted by Crippen LogP contribution is -2.27. The van der Waals surface area contributed by atoms with Crippen molar-refractivity contribution < 1.29 is 4.74 Å². The molecule has 1 unspecified atom stereocenters. The first-order chi connectivity index (χ1) is 8.36. The highest BCUT2D eigenvalue weighted by Crippen LogP contribution is 2.35. The molecular formula is C14H17NOS. The number of benzene rings is 1. The zero-order valence-corrected chi connectivity index (χ0v) is 10.6. The average Bonchev–Trinajstić information content (AvgIpc) is 2.83. The van der Waals surface area contributed by atoms with Crippen LogP contribution >= 0.6 is 11.3 Å². The average molecular weight is 247 g/mol. The molecule has 2 aromatic rings. The summed E-state index contributed by atoms with van der Waals surface area (Å²) in [5.41, 5.74) is 7.75. The van der Waals surface area contributed by atoms with E-state index in [1.807, 2.05) is 0 Å². The van der Waals surface area contributed by atoms with Gasteiger partial charge in [-0.25, -0.2) is 0 Å². The Kier molecular flexibility index (Phi) is 3.14. The molecule has 17 heavy (non-hydrogen) atoms. The molecule has 0 saturated carbocycles. The third kappa shape index (κ3) is 2.10. The van der Waals surface area contributed by atoms with Crippen molar-refractivity contribution in [2.45, 2.75) is 18.9 Å². The Morgan fingerprint density at radius 2 is 2.00 bits per heavy atom. The molecule has 1 atom stereocenters. The van der Waals surface area contributed by atoms with Crippen LogP contribution in [0.25, 0.3) is 10.1 Å². The minimum atomic E-state index is 0.162. The Morgan fingerprint density at radius 1 is 1.24 bits per heavy atom. The van der Waals surface area contributed by atoms with Gasteiger partial charge < -0.3 is 10.5 Å². The van der Waals surface area contributed by atoms with Crippen molar-refractivity contribution in [3.8, 4) is 0 Å². The molecule has 1 aliphatic rings. The maximum atomic E-state index is 6.43. The molecule has 0 amide bonds. The standard InChI is InChI=1S/C14H17NOS/c15-14(10-5-7-16-8-6-10)12-9-17-13-4-2-1-3-11(12)13/h1-4,9-10,14H,5-8,15H2. The van der Waals surface area contributed by atoms with E-state index in [2.05, 4.69) is 29.6 Å². The van der Waals surface area contributed by atoms with Crippen LogP contribution in [0.1, 0.15) is 24.4 Å². The van der Waals surface area contributed by atoms with E-state index in [-0.39, 0.29) is 6.04 Å². The Morgan fingerprint density at radius 3 is 2.82 bits per heavy atom. The highest BCUT2D eigenvalue weighted by molar-refractivity contribution is 7.17. The summed E-state index contributed by atoms with van der Waals surface area (Å²) in [5, 5.41) is 3.56. The molecule has 90 valence electrons. The fourth-order valence-corrected chi connectivity index (χ4v) is 3.59. The predicted octanol–water partition coefficient (Wildman–Crippen LogP) is 3.33. The number of thiophene rings is 1. The van der Waals surface area contributed by atoms with Crippen molar-refractivity contribution in [3.63, 3.8) is 0 Å². The number of rotatable bonds is 2. The summed E-state index contributed by atoms with van der Waals surface area (Å²) in [6.07, 6.45) is 2.18. The lowest BCUT2D eigenvalue weighted by molar-refractivity contribution is 0.0585. The van der Waals surface area contributed by atoms with Gasteiger partial charge in [-0.05, 0) is 41.2 Å². The van der Waals surface area contributed by atoms with Gasteiger partial charge in [-0.15, -0.1) is 11.3 Å². The zero-order chi connectivity index (χ0) is 11.7. The predicted molar refractivity (Wildman–Crippen MR) is 72.3 cm³/mol. The second-order valence-electron chi connectivity index (χ2n) is 4.66. The van der Waals surface area contributed by atoms with Crippen molar-refractivity contribution in [1.29, 1.82) is 0 Å². The van der Waals surface area contributed by atoms with Crippen LogP contribution in [0.5, 0.6) is 0 Å². The monoisotopic (exact) mass is 247 g/mol. The minimum Gasteiger partial charge on any atom is -0.381 e. The van der Waals surface area contributed by atoms with Gasteiger partial charge in [-0.2, -0.15) is 0 Å². The fraction of sp³-hybridized carbons (Fsp3) is 0.429. The molecule has 0 aliphatic carbocycles. The molecule has 2 N–H and O–H groups in total. The van der Waals surface area contributed by atoms with E-state index < -0.39 is 0 Å². The summed E-state index contributed by atoms with van der Waals surface area (Å²) in [6.45, 7) is 1.72. The van der Waals surface area contributed by atoms with Crippen LogP contribution in [0.3, 0.4) is 0 Å². The molecule has 1 saturated heterocycles. The molecule has 1 fully saturated rings. The van der Waals surface area contributed by atoms with E-state index in [0.29, 0.717) is 5.92 Å². The largest absolute Gasteiger partial charge is 0.381 e. The smallest absolute Gasteiger partial charge is 0.0469 e. The van der Waals surface area contributed by atoms with Gasteiger partial charge in [0.05, 0.1) is 0 Å². The number of hydrogen-bond donors (Lipinski definition) is 1. The molecule has 3 heteroatoms. The second kappa shape index (κ2) is 4.77. The van der Waals surface area contributed by atoms with Crippen LogP contribution in [0.2, 0.25) is 0 Å². The molecule has 1 aromatic heterocycles. The third-order valence-electron chi connectivity index (χ3n) is 3.64. The SMILES string of the molecule is NC(c1csc2ccccc12)C1CCOCC1. The highest BCUT2D eigenvalue weighted by atomic mass is 32.1. The zero-order valence-electron chi connectivity index (χ0n) is 9.76. The molecule has 0 bridgehead atoms. The maximum Gasteiger partial charge on any atom is 0.0469 e. The van der Waals surface area contributed by atoms with Crippen molar-refractivity contribution in [1.82, 2.24) is 0 Å². The van der Waals surface area contributed by atoms with Gasteiger partial charge in [0.1, 0.15) is 0 Å². The van der Waals surface area contributed by atoms with Gasteiger partial charge in [-0.3, -0.25) is 0 Å². The summed E-state index contributed by atoms with van der Waals surface area (Å²) in [4.78, 5) is 0. The highest BCUT2D eigenvalue weighted by Gasteiger charge is 2.24. The molecule has 2 nitrogen and oxygen atoms in total. The van der Waals surface area contributed by atoms with Gasteiger partial charge in [0.25, 0.3) is 0 Å². The molecule has 0 radical (unpaired) electrons. The van der Waals surface area contributed by atoms with Crippen LogP contribution in [0.15, 0.2) is 29.6 Å². The van der Waals surface area contributed by atoms with Crippen LogP contribution in [-0.2, 0) is 4.74 Å². The lowest BCUT2D eigenvalue weighted by atomic mass is 9.88. The Labute approximate surface area is 105 Å². The number of fused-ring (bicyclic) bond motifs is 1. The number of nitrogens with two attached hydrogens (primary N) is 1. The van der Waals surface area contributed by atoms with Crippen LogP contribution in [0.4, 0.5) is 0 Å². The van der Waals surface area contributed by atoms with E-state index in [1.165, 1.54) is 15.6 Å². The Hall–Kier alpha value is -0.900. The van der Waals surface area contributed by atoms with Gasteiger partial charge in [0.15, 0.2) is 0 Å². The summed E-state index contributed by atoms with van der Waals surface area (Å²) in [7, 11) is 0. The third-order valence-corrected chi connectivity index (χ3v) is 4.63. The topological polar surface area (TPSA) is 35.2 Å². The van der Waals surface area contributed by atoms with Crippen LogP contribution < -0.4 is 5.73 Å². The molecule has 1 aliphatic heterocycles. The molecule has 3 rings (SSSR count). The van der Waals surface area contributed by atoms with Crippen LogP contribution in [0, 0.1) is 5.92 Å². The summed E-state index contributed by atoms with van der Waals surface area (Å²) in [5.74, 6) is 0.571. The summed E-state index contributed by atoms with van der Waals surface area (Å²) < 4.78 is 6.74. The van der Waals surface area contributed by atoms with Gasteiger partial charge in [-0.1, -0.05) is 18.2 Å². The lowest BCUT2D eigenvalue weighted by Gasteiger charge is -2.27.